The number of rotatable bonds is 8. The van der Waals surface area contributed by atoms with E-state index >= 15 is 0 Å². The predicted molar refractivity (Wildman–Crippen MR) is 98.0 cm³/mol. The number of carbonyl (C=O) groups excluding carboxylic acids is 2. The summed E-state index contributed by atoms with van der Waals surface area (Å²) in [6.07, 6.45) is -4.32. The van der Waals surface area contributed by atoms with Crippen molar-refractivity contribution in [2.75, 3.05) is 0 Å². The first-order chi connectivity index (χ1) is 11.4. The number of hydrogen-bond donors (Lipinski definition) is 1. The molecule has 2 atom stereocenters. The van der Waals surface area contributed by atoms with Crippen molar-refractivity contribution < 1.29 is 28.9 Å². The number of ether oxygens (including phenoxy) is 3. The zero-order valence-corrected chi connectivity index (χ0v) is 17.1. The molecule has 0 rings (SSSR count). The van der Waals surface area contributed by atoms with Gasteiger partial charge in [-0.15, -0.1) is 0 Å². The number of aliphatic hydroxyl groups is 1. The van der Waals surface area contributed by atoms with Crippen molar-refractivity contribution in [3.8, 4) is 0 Å². The van der Waals surface area contributed by atoms with E-state index in [2.05, 4.69) is 0 Å². The van der Waals surface area contributed by atoms with Gasteiger partial charge in [-0.2, -0.15) is 0 Å². The maximum atomic E-state index is 12.3. The molecule has 0 radical (unpaired) electrons. The van der Waals surface area contributed by atoms with E-state index in [-0.39, 0.29) is 17.3 Å². The Morgan fingerprint density at radius 2 is 1.20 bits per heavy atom. The standard InChI is InChI=1S/C17H31NO6S/c1-9(2)18(10(3)4)17(25)24-14(16(21)23-12(7)8)13(19)15(20)22-11(5)6/h9-14,19H,1-8H3/t13-,14-/m1/s1. The average Bonchev–Trinajstić information content (AvgIpc) is 2.41. The molecule has 0 aliphatic rings. The van der Waals surface area contributed by atoms with Gasteiger partial charge in [0.15, 0.2) is 6.10 Å². The van der Waals surface area contributed by atoms with Crippen LogP contribution in [0.5, 0.6) is 0 Å². The van der Waals surface area contributed by atoms with Gasteiger partial charge < -0.3 is 24.2 Å². The third kappa shape index (κ3) is 8.00. The monoisotopic (exact) mass is 377 g/mol. The first kappa shape index (κ1) is 23.6. The molecule has 0 saturated heterocycles. The molecule has 1 N–H and O–H groups in total. The van der Waals surface area contributed by atoms with Gasteiger partial charge in [-0.1, -0.05) is 0 Å². The lowest BCUT2D eigenvalue weighted by Gasteiger charge is -2.34. The highest BCUT2D eigenvalue weighted by molar-refractivity contribution is 7.80. The third-order valence-electron chi connectivity index (χ3n) is 3.02. The van der Waals surface area contributed by atoms with Crippen molar-refractivity contribution in [2.45, 2.75) is 91.9 Å². The number of esters is 2. The quantitative estimate of drug-likeness (QED) is 0.508. The lowest BCUT2D eigenvalue weighted by Crippen LogP contribution is -2.50. The Balaban J connectivity index is 5.41. The summed E-state index contributed by atoms with van der Waals surface area (Å²) >= 11 is 5.26. The van der Waals surface area contributed by atoms with E-state index in [1.165, 1.54) is 0 Å². The number of nitrogens with zero attached hydrogens (tertiary/aromatic N) is 1. The van der Waals surface area contributed by atoms with E-state index in [0.29, 0.717) is 0 Å². The molecule has 0 amide bonds. The van der Waals surface area contributed by atoms with Crippen molar-refractivity contribution in [1.29, 1.82) is 0 Å². The van der Waals surface area contributed by atoms with E-state index in [0.717, 1.165) is 0 Å². The molecular weight excluding hydrogens is 346 g/mol. The smallest absolute Gasteiger partial charge is 0.351 e. The highest BCUT2D eigenvalue weighted by Crippen LogP contribution is 2.14. The molecule has 0 aromatic heterocycles. The highest BCUT2D eigenvalue weighted by atomic mass is 32.1. The Morgan fingerprint density at radius 1 is 0.800 bits per heavy atom. The molecule has 0 saturated carbocycles. The minimum absolute atomic E-state index is 0.00658. The summed E-state index contributed by atoms with van der Waals surface area (Å²) in [5, 5.41) is 10.2. The van der Waals surface area contributed by atoms with E-state index < -0.39 is 36.4 Å². The lowest BCUT2D eigenvalue weighted by molar-refractivity contribution is -0.176. The SMILES string of the molecule is CC(C)OC(=O)[C@H](O)[C@@H](OC(=S)N(C(C)C)C(C)C)C(=O)OC(C)C. The van der Waals surface area contributed by atoms with E-state index in [1.54, 1.807) is 32.6 Å². The molecule has 0 unspecified atom stereocenters. The molecule has 0 fully saturated rings. The van der Waals surface area contributed by atoms with Crippen LogP contribution in [0.3, 0.4) is 0 Å². The number of aliphatic hydroxyl groups excluding tert-OH is 1. The van der Waals surface area contributed by atoms with Crippen LogP contribution in [-0.2, 0) is 23.8 Å². The predicted octanol–water partition coefficient (Wildman–Crippen LogP) is 2.04. The molecule has 7 nitrogen and oxygen atoms in total. The van der Waals surface area contributed by atoms with Crippen molar-refractivity contribution in [1.82, 2.24) is 4.90 Å². The fourth-order valence-corrected chi connectivity index (χ4v) is 2.68. The number of thiocarbonyl (C=S) groups is 1. The summed E-state index contributed by atoms with van der Waals surface area (Å²) in [7, 11) is 0. The zero-order chi connectivity index (χ0) is 19.9. The Labute approximate surface area is 155 Å². The van der Waals surface area contributed by atoms with Crippen LogP contribution in [-0.4, -0.2) is 63.6 Å². The first-order valence-corrected chi connectivity index (χ1v) is 8.87. The lowest BCUT2D eigenvalue weighted by atomic mass is 10.2. The van der Waals surface area contributed by atoms with Gasteiger partial charge in [-0.3, -0.25) is 0 Å². The van der Waals surface area contributed by atoms with Crippen LogP contribution >= 0.6 is 12.2 Å². The van der Waals surface area contributed by atoms with Gasteiger partial charge >= 0.3 is 11.9 Å². The highest BCUT2D eigenvalue weighted by Gasteiger charge is 2.39. The van der Waals surface area contributed by atoms with Gasteiger partial charge in [0.25, 0.3) is 5.17 Å². The summed E-state index contributed by atoms with van der Waals surface area (Å²) in [4.78, 5) is 26.0. The van der Waals surface area contributed by atoms with Gasteiger partial charge in [-0.05, 0) is 67.6 Å². The minimum Gasteiger partial charge on any atom is -0.461 e. The van der Waals surface area contributed by atoms with E-state index in [4.69, 9.17) is 26.4 Å². The maximum Gasteiger partial charge on any atom is 0.351 e. The summed E-state index contributed by atoms with van der Waals surface area (Å²) in [5.41, 5.74) is 0. The minimum atomic E-state index is -1.84. The molecule has 25 heavy (non-hydrogen) atoms. The van der Waals surface area contributed by atoms with E-state index in [1.807, 2.05) is 27.7 Å². The Kier molecular flexibility index (Phi) is 9.96. The van der Waals surface area contributed by atoms with Crippen molar-refractivity contribution in [3.63, 3.8) is 0 Å². The van der Waals surface area contributed by atoms with Gasteiger partial charge in [0.2, 0.25) is 6.10 Å². The molecule has 0 spiro atoms. The molecule has 0 heterocycles. The zero-order valence-electron chi connectivity index (χ0n) is 16.3. The summed E-state index contributed by atoms with van der Waals surface area (Å²) in [6.45, 7) is 14.2. The third-order valence-corrected chi connectivity index (χ3v) is 3.32. The van der Waals surface area contributed by atoms with Crippen LogP contribution in [0.2, 0.25) is 0 Å². The van der Waals surface area contributed by atoms with Crippen molar-refractivity contribution in [3.05, 3.63) is 0 Å². The molecular formula is C17H31NO6S. The van der Waals surface area contributed by atoms with Gasteiger partial charge in [0.05, 0.1) is 12.2 Å². The molecule has 0 bridgehead atoms. The fourth-order valence-electron chi connectivity index (χ4n) is 2.15. The van der Waals surface area contributed by atoms with Crippen LogP contribution in [0, 0.1) is 0 Å². The van der Waals surface area contributed by atoms with E-state index in [9.17, 15) is 14.7 Å². The molecule has 0 aliphatic carbocycles. The normalized spacial score (nSPS) is 13.8. The second kappa shape index (κ2) is 10.6. The number of carbonyl (C=O) groups is 2. The van der Waals surface area contributed by atoms with Crippen LogP contribution in [0.15, 0.2) is 0 Å². The van der Waals surface area contributed by atoms with Crippen LogP contribution in [0.1, 0.15) is 55.4 Å². The molecule has 0 aromatic rings. The first-order valence-electron chi connectivity index (χ1n) is 8.46. The summed E-state index contributed by atoms with van der Waals surface area (Å²) in [5.74, 6) is -1.85. The second-order valence-corrected chi connectivity index (χ2v) is 7.16. The topological polar surface area (TPSA) is 85.3 Å². The van der Waals surface area contributed by atoms with Gasteiger partial charge in [0.1, 0.15) is 0 Å². The van der Waals surface area contributed by atoms with Crippen molar-refractivity contribution in [2.24, 2.45) is 0 Å². The number of hydrogen-bond acceptors (Lipinski definition) is 7. The Hall–Kier alpha value is -1.41. The maximum absolute atomic E-state index is 12.3. The van der Waals surface area contributed by atoms with Crippen LogP contribution in [0.25, 0.3) is 0 Å². The van der Waals surface area contributed by atoms with Gasteiger partial charge in [-0.25, -0.2) is 9.59 Å². The molecule has 146 valence electrons. The summed E-state index contributed by atoms with van der Waals surface area (Å²) in [6, 6.07) is 0.0167. The average molecular weight is 378 g/mol. The largest absolute Gasteiger partial charge is 0.461 e. The second-order valence-electron chi connectivity index (χ2n) is 6.82. The molecule has 0 aromatic carbocycles. The molecule has 8 heteroatoms. The summed E-state index contributed by atoms with van der Waals surface area (Å²) < 4.78 is 15.5. The fraction of sp³-hybridized carbons (Fsp3) is 0.824. The van der Waals surface area contributed by atoms with Crippen LogP contribution < -0.4 is 0 Å². The Bertz CT molecular complexity index is 456. The van der Waals surface area contributed by atoms with Crippen molar-refractivity contribution >= 4 is 29.3 Å². The van der Waals surface area contributed by atoms with Gasteiger partial charge in [0, 0.05) is 12.1 Å². The molecule has 0 aliphatic heterocycles. The van der Waals surface area contributed by atoms with Crippen LogP contribution in [0.4, 0.5) is 0 Å². The Morgan fingerprint density at radius 3 is 1.56 bits per heavy atom.